The Bertz CT molecular complexity index is 1640. The number of nitro groups is 1. The molecule has 224 valence electrons. The second-order valence-corrected chi connectivity index (χ2v) is 9.39. The Hall–Kier alpha value is -5.89. The highest BCUT2D eigenvalue weighted by Crippen LogP contribution is 2.33. The molecule has 1 aromatic heterocycles. The highest BCUT2D eigenvalue weighted by atomic mass is 16.7. The van der Waals surface area contributed by atoms with Crippen LogP contribution in [0.25, 0.3) is 0 Å². The number of anilines is 2. The molecule has 0 amide bonds. The second-order valence-electron chi connectivity index (χ2n) is 9.39. The number of benzene rings is 3. The van der Waals surface area contributed by atoms with E-state index in [0.717, 1.165) is 6.33 Å². The molecule has 4 aromatic rings. The molecule has 5 rings (SSSR count). The summed E-state index contributed by atoms with van der Waals surface area (Å²) >= 11 is 0. The number of hydrogen-bond acceptors (Lipinski definition) is 13. The Morgan fingerprint density at radius 3 is 1.82 bits per heavy atom. The quantitative estimate of drug-likeness (QED) is 0.117. The third-order valence-electron chi connectivity index (χ3n) is 6.52. The average molecular weight is 600 g/mol. The van der Waals surface area contributed by atoms with Crippen LogP contribution in [0.5, 0.6) is 0 Å². The largest absolute Gasteiger partial charge is 0.459 e. The fourth-order valence-corrected chi connectivity index (χ4v) is 4.41. The first-order valence-corrected chi connectivity index (χ1v) is 13.2. The van der Waals surface area contributed by atoms with Crippen molar-refractivity contribution >= 4 is 35.2 Å². The molecule has 0 bridgehead atoms. The van der Waals surface area contributed by atoms with Crippen LogP contribution in [0, 0.1) is 10.1 Å². The summed E-state index contributed by atoms with van der Waals surface area (Å²) in [5, 5.41) is 14.5. The number of nitrogen functional groups attached to an aromatic ring is 1. The highest BCUT2D eigenvalue weighted by molar-refractivity contribution is 5.91. The first kappa shape index (κ1) is 29.6. The SMILES string of the molecule is Nc1ncnc(N[C@@H]2O[C@H](COC(=O)c3ccccc3)[C@@H](OC(=O)c3ccccc3)[C@H]2OC(=O)c2ccccc2)c1[N+](=O)[O-]. The van der Waals surface area contributed by atoms with Crippen LogP contribution in [-0.4, -0.2) is 63.9 Å². The minimum Gasteiger partial charge on any atom is -0.459 e. The minimum absolute atomic E-state index is 0.176. The molecule has 4 atom stereocenters. The zero-order chi connectivity index (χ0) is 31.1. The van der Waals surface area contributed by atoms with Crippen LogP contribution < -0.4 is 11.1 Å². The molecule has 0 unspecified atom stereocenters. The maximum atomic E-state index is 13.2. The predicted octanol–water partition coefficient (Wildman–Crippen LogP) is 3.41. The smallest absolute Gasteiger partial charge is 0.353 e. The molecular formula is C30H25N5O9. The van der Waals surface area contributed by atoms with Crippen LogP contribution in [0.15, 0.2) is 97.3 Å². The molecule has 0 spiro atoms. The van der Waals surface area contributed by atoms with Gasteiger partial charge in [-0.25, -0.2) is 24.4 Å². The maximum absolute atomic E-state index is 13.2. The number of ether oxygens (including phenoxy) is 4. The molecule has 1 aliphatic heterocycles. The van der Waals surface area contributed by atoms with Gasteiger partial charge in [0.05, 0.1) is 21.6 Å². The summed E-state index contributed by atoms with van der Waals surface area (Å²) in [6, 6.07) is 24.2. The van der Waals surface area contributed by atoms with Crippen molar-refractivity contribution in [1.82, 2.24) is 9.97 Å². The van der Waals surface area contributed by atoms with Gasteiger partial charge < -0.3 is 30.0 Å². The van der Waals surface area contributed by atoms with Crippen molar-refractivity contribution in [2.45, 2.75) is 24.5 Å². The van der Waals surface area contributed by atoms with Crippen molar-refractivity contribution < 1.29 is 38.3 Å². The molecule has 2 heterocycles. The van der Waals surface area contributed by atoms with Gasteiger partial charge in [-0.1, -0.05) is 54.6 Å². The first-order valence-electron chi connectivity index (χ1n) is 13.2. The minimum atomic E-state index is -1.41. The monoisotopic (exact) mass is 599 g/mol. The van der Waals surface area contributed by atoms with Gasteiger partial charge in [-0.15, -0.1) is 0 Å². The van der Waals surface area contributed by atoms with E-state index < -0.39 is 65.5 Å². The van der Waals surface area contributed by atoms with Crippen LogP contribution >= 0.6 is 0 Å². The van der Waals surface area contributed by atoms with Crippen LogP contribution in [0.1, 0.15) is 31.1 Å². The molecule has 1 fully saturated rings. The van der Waals surface area contributed by atoms with Gasteiger partial charge in [-0.3, -0.25) is 10.1 Å². The predicted molar refractivity (Wildman–Crippen MR) is 153 cm³/mol. The fourth-order valence-electron chi connectivity index (χ4n) is 4.41. The van der Waals surface area contributed by atoms with Crippen molar-refractivity contribution in [2.75, 3.05) is 17.7 Å². The summed E-state index contributed by atoms with van der Waals surface area (Å²) in [6.45, 7) is -0.438. The van der Waals surface area contributed by atoms with Crippen LogP contribution in [-0.2, 0) is 18.9 Å². The Labute approximate surface area is 249 Å². The number of carbonyl (C=O) groups excluding carboxylic acids is 3. The van der Waals surface area contributed by atoms with E-state index >= 15 is 0 Å². The van der Waals surface area contributed by atoms with Crippen LogP contribution in [0.3, 0.4) is 0 Å². The number of hydrogen-bond donors (Lipinski definition) is 2. The van der Waals surface area contributed by atoms with Crippen molar-refractivity contribution in [3.05, 3.63) is 124 Å². The molecule has 3 N–H and O–H groups in total. The Morgan fingerprint density at radius 1 is 0.795 bits per heavy atom. The Balaban J connectivity index is 1.49. The van der Waals surface area contributed by atoms with Crippen LogP contribution in [0.2, 0.25) is 0 Å². The summed E-state index contributed by atoms with van der Waals surface area (Å²) in [4.78, 5) is 57.7. The summed E-state index contributed by atoms with van der Waals surface area (Å²) in [5.41, 5.74) is 5.70. The van der Waals surface area contributed by atoms with Crippen molar-refractivity contribution in [2.24, 2.45) is 0 Å². The molecule has 44 heavy (non-hydrogen) atoms. The summed E-state index contributed by atoms with van der Waals surface area (Å²) in [5.74, 6) is -3.04. The number of rotatable bonds is 10. The van der Waals surface area contributed by atoms with E-state index in [1.54, 1.807) is 66.7 Å². The summed E-state index contributed by atoms with van der Waals surface area (Å²) in [6.07, 6.45) is -4.35. The molecule has 1 saturated heterocycles. The summed E-state index contributed by atoms with van der Waals surface area (Å²) in [7, 11) is 0. The van der Waals surface area contributed by atoms with Crippen molar-refractivity contribution in [3.8, 4) is 0 Å². The van der Waals surface area contributed by atoms with E-state index in [9.17, 15) is 24.5 Å². The highest BCUT2D eigenvalue weighted by Gasteiger charge is 2.51. The van der Waals surface area contributed by atoms with E-state index in [1.807, 2.05) is 0 Å². The number of nitrogens with zero attached hydrogens (tertiary/aromatic N) is 3. The zero-order valence-corrected chi connectivity index (χ0v) is 22.8. The van der Waals surface area contributed by atoms with E-state index in [0.29, 0.717) is 0 Å². The number of aromatic nitrogens is 2. The van der Waals surface area contributed by atoms with Gasteiger partial charge in [0, 0.05) is 0 Å². The fraction of sp³-hybridized carbons (Fsp3) is 0.167. The lowest BCUT2D eigenvalue weighted by molar-refractivity contribution is -0.383. The summed E-state index contributed by atoms with van der Waals surface area (Å²) < 4.78 is 23.1. The molecule has 0 saturated carbocycles. The van der Waals surface area contributed by atoms with Gasteiger partial charge in [0.2, 0.25) is 11.6 Å². The lowest BCUT2D eigenvalue weighted by atomic mass is 10.1. The number of nitrogens with two attached hydrogens (primary N) is 1. The van der Waals surface area contributed by atoms with Crippen molar-refractivity contribution in [1.29, 1.82) is 0 Å². The van der Waals surface area contributed by atoms with Gasteiger partial charge in [0.25, 0.3) is 0 Å². The van der Waals surface area contributed by atoms with Gasteiger partial charge in [-0.2, -0.15) is 0 Å². The first-order chi connectivity index (χ1) is 21.3. The van der Waals surface area contributed by atoms with E-state index in [4.69, 9.17) is 24.7 Å². The van der Waals surface area contributed by atoms with Gasteiger partial charge in [0.15, 0.2) is 18.4 Å². The Morgan fingerprint density at radius 2 is 1.30 bits per heavy atom. The average Bonchev–Trinajstić information content (AvgIpc) is 3.35. The lowest BCUT2D eigenvalue weighted by Crippen LogP contribution is -2.43. The molecular weight excluding hydrogens is 574 g/mol. The number of nitrogens with one attached hydrogen (secondary N) is 1. The molecule has 14 heteroatoms. The van der Waals surface area contributed by atoms with Crippen molar-refractivity contribution in [3.63, 3.8) is 0 Å². The van der Waals surface area contributed by atoms with E-state index in [1.165, 1.54) is 24.3 Å². The third-order valence-corrected chi connectivity index (χ3v) is 6.52. The Kier molecular flexibility index (Phi) is 9.01. The maximum Gasteiger partial charge on any atom is 0.353 e. The molecule has 14 nitrogen and oxygen atoms in total. The van der Waals surface area contributed by atoms with Gasteiger partial charge >= 0.3 is 23.6 Å². The van der Waals surface area contributed by atoms with Gasteiger partial charge in [0.1, 0.15) is 19.0 Å². The lowest BCUT2D eigenvalue weighted by Gasteiger charge is -2.25. The molecule has 3 aromatic carbocycles. The normalized spacial score (nSPS) is 19.0. The second kappa shape index (κ2) is 13.4. The number of carbonyl (C=O) groups is 3. The topological polar surface area (TPSA) is 195 Å². The standard InChI is InChI=1S/C30H25N5O9/c31-25-22(35(39)40)26(33-17-32-25)34-27-24(44-30(38)20-14-8-3-9-15-20)23(43-29(37)19-12-6-2-7-13-19)21(42-27)16-41-28(36)18-10-4-1-5-11-18/h1-15,17,21,23-24,27H,16H2,(H3,31,32,33,34)/t21-,23-,24-,27-/m1/s1. The molecule has 1 aliphatic rings. The molecule has 0 radical (unpaired) electrons. The van der Waals surface area contributed by atoms with E-state index in [2.05, 4.69) is 15.3 Å². The van der Waals surface area contributed by atoms with E-state index in [-0.39, 0.29) is 22.5 Å². The zero-order valence-electron chi connectivity index (χ0n) is 22.8. The third kappa shape index (κ3) is 6.77. The van der Waals surface area contributed by atoms with Crippen LogP contribution in [0.4, 0.5) is 17.3 Å². The molecule has 0 aliphatic carbocycles. The number of esters is 3. The van der Waals surface area contributed by atoms with Gasteiger partial charge in [-0.05, 0) is 36.4 Å².